The third kappa shape index (κ3) is 4.45. The number of ether oxygens (including phenoxy) is 1. The summed E-state index contributed by atoms with van der Waals surface area (Å²) in [5.41, 5.74) is 2.37. The van der Waals surface area contributed by atoms with Crippen LogP contribution < -0.4 is 9.64 Å². The van der Waals surface area contributed by atoms with E-state index in [4.69, 9.17) is 4.74 Å². The van der Waals surface area contributed by atoms with Crippen LogP contribution in [0.3, 0.4) is 0 Å². The third-order valence-electron chi connectivity index (χ3n) is 6.04. The molecule has 8 heteroatoms. The number of anilines is 1. The zero-order valence-electron chi connectivity index (χ0n) is 17.6. The lowest BCUT2D eigenvalue weighted by Gasteiger charge is -2.26. The number of hydrogen-bond donors (Lipinski definition) is 0. The first-order valence-electron chi connectivity index (χ1n) is 10.7. The highest BCUT2D eigenvalue weighted by atomic mass is 32.2. The molecule has 1 fully saturated rings. The monoisotopic (exact) mass is 446 g/mol. The molecule has 2 aliphatic rings. The Morgan fingerprint density at radius 1 is 1.06 bits per heavy atom. The van der Waals surface area contributed by atoms with Gasteiger partial charge in [-0.3, -0.25) is 4.79 Å². The van der Waals surface area contributed by atoms with Crippen LogP contribution in [0.25, 0.3) is 0 Å². The number of halogens is 1. The van der Waals surface area contributed by atoms with Gasteiger partial charge < -0.3 is 9.64 Å². The zero-order valence-corrected chi connectivity index (χ0v) is 18.5. The number of carbonyl (C=O) groups is 1. The summed E-state index contributed by atoms with van der Waals surface area (Å²) in [6.45, 7) is 1.66. The van der Waals surface area contributed by atoms with Crippen molar-refractivity contribution in [3.8, 4) is 5.75 Å². The first-order valence-corrected chi connectivity index (χ1v) is 12.1. The van der Waals surface area contributed by atoms with Crippen molar-refractivity contribution in [3.63, 3.8) is 0 Å². The maximum atomic E-state index is 13.9. The number of sulfonamides is 1. The minimum Gasteiger partial charge on any atom is -0.494 e. The van der Waals surface area contributed by atoms with Gasteiger partial charge in [0.15, 0.2) is 11.6 Å². The van der Waals surface area contributed by atoms with Crippen molar-refractivity contribution < 1.29 is 22.3 Å². The molecule has 1 saturated heterocycles. The lowest BCUT2D eigenvalue weighted by molar-refractivity contribution is -0.118. The van der Waals surface area contributed by atoms with Gasteiger partial charge in [0.1, 0.15) is 0 Å². The third-order valence-corrected chi connectivity index (χ3v) is 7.94. The summed E-state index contributed by atoms with van der Waals surface area (Å²) in [4.78, 5) is 14.8. The SMILES string of the molecule is COc1ccc(CCC(=O)N2CCc3cc(S(=O)(=O)N4CCCCC4)ccc32)cc1F. The highest BCUT2D eigenvalue weighted by molar-refractivity contribution is 7.89. The fourth-order valence-electron chi connectivity index (χ4n) is 4.30. The Bertz CT molecular complexity index is 1080. The van der Waals surface area contributed by atoms with E-state index in [1.807, 2.05) is 0 Å². The number of nitrogens with zero attached hydrogens (tertiary/aromatic N) is 2. The highest BCUT2D eigenvalue weighted by Gasteiger charge is 2.30. The smallest absolute Gasteiger partial charge is 0.243 e. The van der Waals surface area contributed by atoms with Crippen LogP contribution in [0, 0.1) is 5.82 Å². The van der Waals surface area contributed by atoms with E-state index in [9.17, 15) is 17.6 Å². The number of hydrogen-bond acceptors (Lipinski definition) is 4. The lowest BCUT2D eigenvalue weighted by Crippen LogP contribution is -2.35. The van der Waals surface area contributed by atoms with Gasteiger partial charge in [-0.1, -0.05) is 12.5 Å². The normalized spacial score (nSPS) is 16.9. The van der Waals surface area contributed by atoms with Crippen molar-refractivity contribution >= 4 is 21.6 Å². The second-order valence-corrected chi connectivity index (χ2v) is 9.96. The molecule has 0 spiro atoms. The molecule has 2 aromatic carbocycles. The van der Waals surface area contributed by atoms with Crippen LogP contribution in [0.15, 0.2) is 41.3 Å². The van der Waals surface area contributed by atoms with Gasteiger partial charge in [0.2, 0.25) is 15.9 Å². The molecule has 1 amide bonds. The van der Waals surface area contributed by atoms with Crippen LogP contribution in [-0.4, -0.2) is 45.4 Å². The average molecular weight is 447 g/mol. The average Bonchev–Trinajstić information content (AvgIpc) is 3.21. The second kappa shape index (κ2) is 8.96. The fraction of sp³-hybridized carbons (Fsp3) is 0.435. The Kier molecular flexibility index (Phi) is 6.29. The number of aryl methyl sites for hydroxylation is 1. The number of piperidine rings is 1. The predicted molar refractivity (Wildman–Crippen MR) is 116 cm³/mol. The minimum atomic E-state index is -3.49. The van der Waals surface area contributed by atoms with Gasteiger partial charge >= 0.3 is 0 Å². The zero-order chi connectivity index (χ0) is 22.0. The van der Waals surface area contributed by atoms with Crippen LogP contribution in [0.5, 0.6) is 5.75 Å². The van der Waals surface area contributed by atoms with Crippen LogP contribution in [0.2, 0.25) is 0 Å². The van der Waals surface area contributed by atoms with E-state index < -0.39 is 15.8 Å². The summed E-state index contributed by atoms with van der Waals surface area (Å²) in [7, 11) is -2.08. The minimum absolute atomic E-state index is 0.0541. The first kappa shape index (κ1) is 21.8. The second-order valence-electron chi connectivity index (χ2n) is 8.02. The molecule has 0 N–H and O–H groups in total. The molecule has 4 rings (SSSR count). The van der Waals surface area contributed by atoms with Crippen LogP contribution in [0.1, 0.15) is 36.8 Å². The van der Waals surface area contributed by atoms with Crippen molar-refractivity contribution in [1.29, 1.82) is 0 Å². The molecule has 0 aliphatic carbocycles. The van der Waals surface area contributed by atoms with Gasteiger partial charge in [0.25, 0.3) is 0 Å². The van der Waals surface area contributed by atoms with E-state index in [0.717, 1.165) is 36.1 Å². The molecular weight excluding hydrogens is 419 g/mol. The van der Waals surface area contributed by atoms with Gasteiger partial charge in [0, 0.05) is 31.7 Å². The molecule has 31 heavy (non-hydrogen) atoms. The van der Waals surface area contributed by atoms with E-state index in [1.165, 1.54) is 13.2 Å². The number of benzene rings is 2. The molecule has 0 aromatic heterocycles. The molecule has 166 valence electrons. The molecule has 0 saturated carbocycles. The molecule has 0 unspecified atom stereocenters. The van der Waals surface area contributed by atoms with E-state index in [-0.39, 0.29) is 18.1 Å². The van der Waals surface area contributed by atoms with Gasteiger partial charge in [-0.15, -0.1) is 0 Å². The molecule has 2 heterocycles. The predicted octanol–water partition coefficient (Wildman–Crippen LogP) is 3.53. The summed E-state index contributed by atoms with van der Waals surface area (Å²) < 4.78 is 46.2. The maximum absolute atomic E-state index is 13.9. The number of methoxy groups -OCH3 is 1. The van der Waals surface area contributed by atoms with Gasteiger partial charge in [0.05, 0.1) is 12.0 Å². The standard InChI is InChI=1S/C23H27FN2O4S/c1-30-22-9-5-17(15-20(22)24)6-10-23(27)26-14-11-18-16-19(7-8-21(18)26)31(28,29)25-12-3-2-4-13-25/h5,7-9,15-16H,2-4,6,10-14H2,1H3. The Balaban J connectivity index is 1.45. The van der Waals surface area contributed by atoms with Crippen molar-refractivity contribution in [2.45, 2.75) is 43.4 Å². The Labute approximate surface area is 182 Å². The van der Waals surface area contributed by atoms with Crippen LogP contribution >= 0.6 is 0 Å². The number of carbonyl (C=O) groups excluding carboxylic acids is 1. The summed E-state index contributed by atoms with van der Waals surface area (Å²) >= 11 is 0. The quantitative estimate of drug-likeness (QED) is 0.681. The molecule has 0 bridgehead atoms. The number of fused-ring (bicyclic) bond motifs is 1. The summed E-state index contributed by atoms with van der Waals surface area (Å²) in [6.07, 6.45) is 4.15. The Morgan fingerprint density at radius 3 is 2.55 bits per heavy atom. The molecule has 0 radical (unpaired) electrons. The van der Waals surface area contributed by atoms with E-state index >= 15 is 0 Å². The Hall–Kier alpha value is -2.45. The van der Waals surface area contributed by atoms with Gasteiger partial charge in [-0.25, -0.2) is 12.8 Å². The van der Waals surface area contributed by atoms with E-state index in [1.54, 1.807) is 39.5 Å². The summed E-state index contributed by atoms with van der Waals surface area (Å²) in [5.74, 6) is -0.318. The molecule has 6 nitrogen and oxygen atoms in total. The largest absolute Gasteiger partial charge is 0.494 e. The van der Waals surface area contributed by atoms with Crippen molar-refractivity contribution in [1.82, 2.24) is 4.31 Å². The fourth-order valence-corrected chi connectivity index (χ4v) is 5.87. The molecule has 0 atom stereocenters. The maximum Gasteiger partial charge on any atom is 0.243 e. The van der Waals surface area contributed by atoms with Crippen LogP contribution in [-0.2, 0) is 27.7 Å². The van der Waals surface area contributed by atoms with Crippen LogP contribution in [0.4, 0.5) is 10.1 Å². The Morgan fingerprint density at radius 2 is 1.84 bits per heavy atom. The molecular formula is C23H27FN2O4S. The van der Waals surface area contributed by atoms with E-state index in [2.05, 4.69) is 0 Å². The molecule has 2 aliphatic heterocycles. The summed E-state index contributed by atoms with van der Waals surface area (Å²) in [6, 6.07) is 9.76. The van der Waals surface area contributed by atoms with Crippen molar-refractivity contribution in [3.05, 3.63) is 53.3 Å². The van der Waals surface area contributed by atoms with Crippen molar-refractivity contribution in [2.24, 2.45) is 0 Å². The molecule has 2 aromatic rings. The first-order chi connectivity index (χ1) is 14.9. The van der Waals surface area contributed by atoms with Crippen molar-refractivity contribution in [2.75, 3.05) is 31.6 Å². The van der Waals surface area contributed by atoms with Gasteiger partial charge in [-0.05, 0) is 67.1 Å². The van der Waals surface area contributed by atoms with E-state index in [0.29, 0.717) is 37.4 Å². The number of rotatable bonds is 6. The van der Waals surface area contributed by atoms with Gasteiger partial charge in [-0.2, -0.15) is 4.31 Å². The lowest BCUT2D eigenvalue weighted by atomic mass is 10.1. The number of amides is 1. The highest BCUT2D eigenvalue weighted by Crippen LogP contribution is 2.32. The summed E-state index contributed by atoms with van der Waals surface area (Å²) in [5, 5.41) is 0. The topological polar surface area (TPSA) is 66.9 Å².